The highest BCUT2D eigenvalue weighted by atomic mass is 15.3. The van der Waals surface area contributed by atoms with Gasteiger partial charge in [0.05, 0.1) is 5.69 Å². The van der Waals surface area contributed by atoms with Gasteiger partial charge in [-0.3, -0.25) is 4.68 Å². The molecule has 1 aromatic heterocycles. The molecule has 0 amide bonds. The molecule has 0 aliphatic heterocycles. The van der Waals surface area contributed by atoms with Gasteiger partial charge in [-0.2, -0.15) is 5.10 Å². The SMILES string of the molecule is CCc1nn(C(C)CC)c(CC)c1CNC(C)C. The molecule has 0 bridgehead atoms. The minimum atomic E-state index is 0.498. The molecule has 0 saturated heterocycles. The van der Waals surface area contributed by atoms with Crippen molar-refractivity contribution in [2.75, 3.05) is 0 Å². The first-order valence-corrected chi connectivity index (χ1v) is 7.37. The van der Waals surface area contributed by atoms with E-state index in [1.54, 1.807) is 0 Å². The van der Waals surface area contributed by atoms with Gasteiger partial charge < -0.3 is 5.32 Å². The molecule has 1 unspecified atom stereocenters. The quantitative estimate of drug-likeness (QED) is 0.804. The maximum absolute atomic E-state index is 4.82. The molecule has 1 heterocycles. The number of aryl methyl sites for hydroxylation is 1. The lowest BCUT2D eigenvalue weighted by molar-refractivity contribution is 0.457. The van der Waals surface area contributed by atoms with E-state index in [-0.39, 0.29) is 0 Å². The molecular weight excluding hydrogens is 222 g/mol. The van der Waals surface area contributed by atoms with Gasteiger partial charge in [0.15, 0.2) is 0 Å². The van der Waals surface area contributed by atoms with Gasteiger partial charge in [-0.15, -0.1) is 0 Å². The molecule has 18 heavy (non-hydrogen) atoms. The van der Waals surface area contributed by atoms with Crippen molar-refractivity contribution in [2.45, 2.75) is 79.4 Å². The van der Waals surface area contributed by atoms with Crippen LogP contribution in [0, 0.1) is 0 Å². The van der Waals surface area contributed by atoms with E-state index >= 15 is 0 Å². The van der Waals surface area contributed by atoms with E-state index in [4.69, 9.17) is 5.10 Å². The second-order valence-corrected chi connectivity index (χ2v) is 5.32. The molecule has 0 aliphatic rings. The molecule has 0 radical (unpaired) electrons. The van der Waals surface area contributed by atoms with Gasteiger partial charge >= 0.3 is 0 Å². The second-order valence-electron chi connectivity index (χ2n) is 5.32. The van der Waals surface area contributed by atoms with Crippen molar-refractivity contribution in [2.24, 2.45) is 0 Å². The summed E-state index contributed by atoms with van der Waals surface area (Å²) in [4.78, 5) is 0. The number of aromatic nitrogens is 2. The van der Waals surface area contributed by atoms with Crippen LogP contribution in [0.1, 0.15) is 71.0 Å². The fourth-order valence-electron chi connectivity index (χ4n) is 2.26. The molecule has 1 atom stereocenters. The smallest absolute Gasteiger partial charge is 0.0669 e. The fourth-order valence-corrected chi connectivity index (χ4v) is 2.26. The Kier molecular flexibility index (Phi) is 5.86. The topological polar surface area (TPSA) is 29.9 Å². The van der Waals surface area contributed by atoms with Gasteiger partial charge in [0.25, 0.3) is 0 Å². The van der Waals surface area contributed by atoms with Crippen LogP contribution in [0.15, 0.2) is 0 Å². The van der Waals surface area contributed by atoms with E-state index in [2.05, 4.69) is 51.5 Å². The van der Waals surface area contributed by atoms with E-state index in [9.17, 15) is 0 Å². The molecule has 1 rings (SSSR count). The number of hydrogen-bond donors (Lipinski definition) is 1. The number of nitrogens with one attached hydrogen (secondary N) is 1. The van der Waals surface area contributed by atoms with Crippen molar-refractivity contribution < 1.29 is 0 Å². The molecule has 0 fully saturated rings. The van der Waals surface area contributed by atoms with Crippen LogP contribution in [0.3, 0.4) is 0 Å². The van der Waals surface area contributed by atoms with E-state index in [1.165, 1.54) is 17.0 Å². The molecule has 0 aliphatic carbocycles. The average Bonchev–Trinajstić information content (AvgIpc) is 2.72. The third-order valence-corrected chi connectivity index (χ3v) is 3.57. The molecule has 0 spiro atoms. The molecule has 0 saturated carbocycles. The summed E-state index contributed by atoms with van der Waals surface area (Å²) < 4.78 is 2.25. The Bertz CT molecular complexity index is 366. The van der Waals surface area contributed by atoms with E-state index in [0.29, 0.717) is 12.1 Å². The second kappa shape index (κ2) is 6.93. The predicted octanol–water partition coefficient (Wildman–Crippen LogP) is 3.48. The van der Waals surface area contributed by atoms with Crippen molar-refractivity contribution in [3.63, 3.8) is 0 Å². The first-order valence-electron chi connectivity index (χ1n) is 7.37. The Morgan fingerprint density at radius 1 is 1.11 bits per heavy atom. The van der Waals surface area contributed by atoms with E-state index in [0.717, 1.165) is 25.8 Å². The third-order valence-electron chi connectivity index (χ3n) is 3.57. The van der Waals surface area contributed by atoms with Crippen LogP contribution < -0.4 is 5.32 Å². The monoisotopic (exact) mass is 251 g/mol. The first kappa shape index (κ1) is 15.2. The summed E-state index contributed by atoms with van der Waals surface area (Å²) in [6.45, 7) is 14.2. The van der Waals surface area contributed by atoms with Gasteiger partial charge in [-0.05, 0) is 26.2 Å². The summed E-state index contributed by atoms with van der Waals surface area (Å²) in [7, 11) is 0. The van der Waals surface area contributed by atoms with E-state index < -0.39 is 0 Å². The fraction of sp³-hybridized carbons (Fsp3) is 0.800. The molecular formula is C15H29N3. The summed E-state index contributed by atoms with van der Waals surface area (Å²) >= 11 is 0. The standard InChI is InChI=1S/C15H29N3/c1-7-12(6)18-15(9-3)13(10-16-11(4)5)14(8-2)17-18/h11-12,16H,7-10H2,1-6H3. The van der Waals surface area contributed by atoms with Gasteiger partial charge in [-0.25, -0.2) is 0 Å². The first-order chi connectivity index (χ1) is 8.54. The highest BCUT2D eigenvalue weighted by Crippen LogP contribution is 2.21. The lowest BCUT2D eigenvalue weighted by atomic mass is 10.1. The van der Waals surface area contributed by atoms with Crippen molar-refractivity contribution in [3.05, 3.63) is 17.0 Å². The largest absolute Gasteiger partial charge is 0.310 e. The highest BCUT2D eigenvalue weighted by molar-refractivity contribution is 5.27. The Hall–Kier alpha value is -0.830. The molecule has 0 aromatic carbocycles. The molecule has 1 N–H and O–H groups in total. The zero-order chi connectivity index (χ0) is 13.7. The van der Waals surface area contributed by atoms with Gasteiger partial charge in [0.1, 0.15) is 0 Å². The highest BCUT2D eigenvalue weighted by Gasteiger charge is 2.17. The number of nitrogens with zero attached hydrogens (tertiary/aromatic N) is 2. The van der Waals surface area contributed by atoms with E-state index in [1.807, 2.05) is 0 Å². The summed E-state index contributed by atoms with van der Waals surface area (Å²) in [5.41, 5.74) is 4.10. The van der Waals surface area contributed by atoms with Crippen LogP contribution in [0.25, 0.3) is 0 Å². The summed E-state index contributed by atoms with van der Waals surface area (Å²) in [6.07, 6.45) is 3.22. The summed E-state index contributed by atoms with van der Waals surface area (Å²) in [5, 5.41) is 8.35. The predicted molar refractivity (Wildman–Crippen MR) is 78.0 cm³/mol. The van der Waals surface area contributed by atoms with Crippen LogP contribution in [0.4, 0.5) is 0 Å². The maximum Gasteiger partial charge on any atom is 0.0669 e. The van der Waals surface area contributed by atoms with Crippen molar-refractivity contribution >= 4 is 0 Å². The minimum absolute atomic E-state index is 0.498. The summed E-state index contributed by atoms with van der Waals surface area (Å²) in [6, 6.07) is 1.02. The zero-order valence-corrected chi connectivity index (χ0v) is 12.9. The molecule has 1 aromatic rings. The lowest BCUT2D eigenvalue weighted by Gasteiger charge is -2.14. The number of hydrogen-bond acceptors (Lipinski definition) is 2. The Balaban J connectivity index is 3.08. The summed E-state index contributed by atoms with van der Waals surface area (Å²) in [5.74, 6) is 0. The van der Waals surface area contributed by atoms with Crippen LogP contribution in [-0.2, 0) is 19.4 Å². The Morgan fingerprint density at radius 2 is 1.78 bits per heavy atom. The zero-order valence-electron chi connectivity index (χ0n) is 12.9. The van der Waals surface area contributed by atoms with Gasteiger partial charge in [0, 0.05) is 29.9 Å². The maximum atomic E-state index is 4.82. The van der Waals surface area contributed by atoms with Crippen molar-refractivity contribution in [1.29, 1.82) is 0 Å². The van der Waals surface area contributed by atoms with Crippen LogP contribution in [-0.4, -0.2) is 15.8 Å². The third kappa shape index (κ3) is 3.35. The molecule has 3 heteroatoms. The Labute approximate surface area is 112 Å². The van der Waals surface area contributed by atoms with Gasteiger partial charge in [-0.1, -0.05) is 34.6 Å². The normalized spacial score (nSPS) is 13.3. The van der Waals surface area contributed by atoms with Gasteiger partial charge in [0.2, 0.25) is 0 Å². The lowest BCUT2D eigenvalue weighted by Crippen LogP contribution is -2.23. The van der Waals surface area contributed by atoms with Crippen LogP contribution in [0.5, 0.6) is 0 Å². The minimum Gasteiger partial charge on any atom is -0.310 e. The van der Waals surface area contributed by atoms with Crippen LogP contribution in [0.2, 0.25) is 0 Å². The van der Waals surface area contributed by atoms with Crippen molar-refractivity contribution in [1.82, 2.24) is 15.1 Å². The Morgan fingerprint density at radius 3 is 2.22 bits per heavy atom. The average molecular weight is 251 g/mol. The number of rotatable bonds is 7. The van der Waals surface area contributed by atoms with Crippen molar-refractivity contribution in [3.8, 4) is 0 Å². The van der Waals surface area contributed by atoms with Crippen LogP contribution >= 0.6 is 0 Å². The molecule has 104 valence electrons. The molecule has 3 nitrogen and oxygen atoms in total.